The van der Waals surface area contributed by atoms with Crippen molar-refractivity contribution in [1.29, 1.82) is 0 Å². The highest BCUT2D eigenvalue weighted by atomic mass is 16.3. The zero-order chi connectivity index (χ0) is 13.9. The Balaban J connectivity index is 1.55. The van der Waals surface area contributed by atoms with Gasteiger partial charge in [0.2, 0.25) is 0 Å². The van der Waals surface area contributed by atoms with Crippen LogP contribution in [-0.4, -0.2) is 70.8 Å². The van der Waals surface area contributed by atoms with E-state index in [9.17, 15) is 5.11 Å². The van der Waals surface area contributed by atoms with Gasteiger partial charge in [0.05, 0.1) is 0 Å². The lowest BCUT2D eigenvalue weighted by Gasteiger charge is -2.32. The van der Waals surface area contributed by atoms with E-state index in [1.54, 1.807) is 0 Å². The van der Waals surface area contributed by atoms with Crippen molar-refractivity contribution in [2.45, 2.75) is 25.8 Å². The van der Waals surface area contributed by atoms with Gasteiger partial charge in [-0.15, -0.1) is 0 Å². The second kappa shape index (κ2) is 6.24. The Bertz CT molecular complexity index is 437. The number of aliphatic hydroxyl groups excluding tert-OH is 1. The third kappa shape index (κ3) is 3.05. The molecule has 3 rings (SSSR count). The molecule has 1 fully saturated rings. The van der Waals surface area contributed by atoms with Gasteiger partial charge < -0.3 is 19.5 Å². The lowest BCUT2D eigenvalue weighted by atomic mass is 9.97. The van der Waals surface area contributed by atoms with E-state index in [1.165, 1.54) is 37.7 Å². The predicted molar refractivity (Wildman–Crippen MR) is 78.8 cm³/mol. The number of rotatable bonds is 4. The van der Waals surface area contributed by atoms with Crippen molar-refractivity contribution in [3.05, 3.63) is 17.7 Å². The third-order valence-corrected chi connectivity index (χ3v) is 4.79. The number of likely N-dealkylation sites (N-methyl/N-ethyl adjacent to an activating group) is 1. The van der Waals surface area contributed by atoms with E-state index in [1.807, 2.05) is 6.20 Å². The molecule has 1 saturated heterocycles. The minimum absolute atomic E-state index is 0.307. The van der Waals surface area contributed by atoms with Crippen LogP contribution in [0.5, 0.6) is 0 Å². The summed E-state index contributed by atoms with van der Waals surface area (Å²) >= 11 is 0. The summed E-state index contributed by atoms with van der Waals surface area (Å²) < 4.78 is 2.38. The van der Waals surface area contributed by atoms with Crippen molar-refractivity contribution in [3.8, 4) is 0 Å². The molecule has 0 bridgehead atoms. The van der Waals surface area contributed by atoms with Crippen molar-refractivity contribution < 1.29 is 5.11 Å². The number of hydrogen-bond donors (Lipinski definition) is 1. The number of nitrogens with zero attached hydrogens (tertiary/aromatic N) is 4. The van der Waals surface area contributed by atoms with E-state index in [4.69, 9.17) is 0 Å². The van der Waals surface area contributed by atoms with Crippen molar-refractivity contribution in [3.63, 3.8) is 0 Å². The number of piperazine rings is 1. The zero-order valence-electron chi connectivity index (χ0n) is 12.5. The SMILES string of the molecule is CN1CCN(CCc2ncc3n2CCC(CO)C3)CC1. The monoisotopic (exact) mass is 278 g/mol. The maximum Gasteiger partial charge on any atom is 0.110 e. The van der Waals surface area contributed by atoms with Gasteiger partial charge in [-0.05, 0) is 25.8 Å². The first-order valence-electron chi connectivity index (χ1n) is 7.81. The van der Waals surface area contributed by atoms with Gasteiger partial charge in [0.15, 0.2) is 0 Å². The molecule has 1 atom stereocenters. The lowest BCUT2D eigenvalue weighted by Crippen LogP contribution is -2.45. The lowest BCUT2D eigenvalue weighted by molar-refractivity contribution is 0.154. The fourth-order valence-corrected chi connectivity index (χ4v) is 3.28. The summed E-state index contributed by atoms with van der Waals surface area (Å²) in [6, 6.07) is 0. The van der Waals surface area contributed by atoms with Gasteiger partial charge in [0.25, 0.3) is 0 Å². The molecule has 0 spiro atoms. The molecule has 1 unspecified atom stereocenters. The molecule has 0 aliphatic carbocycles. The average molecular weight is 278 g/mol. The van der Waals surface area contributed by atoms with Crippen LogP contribution in [0.15, 0.2) is 6.20 Å². The van der Waals surface area contributed by atoms with E-state index in [2.05, 4.69) is 26.4 Å². The van der Waals surface area contributed by atoms with Gasteiger partial charge in [-0.3, -0.25) is 0 Å². The first kappa shape index (κ1) is 14.0. The molecule has 3 heterocycles. The summed E-state index contributed by atoms with van der Waals surface area (Å²) in [5, 5.41) is 9.28. The predicted octanol–water partition coefficient (Wildman–Crippen LogP) is 0.228. The van der Waals surface area contributed by atoms with Crippen LogP contribution in [0.1, 0.15) is 17.9 Å². The zero-order valence-corrected chi connectivity index (χ0v) is 12.5. The third-order valence-electron chi connectivity index (χ3n) is 4.79. The molecule has 20 heavy (non-hydrogen) atoms. The van der Waals surface area contributed by atoms with Crippen molar-refractivity contribution in [2.75, 3.05) is 46.4 Å². The van der Waals surface area contributed by atoms with Gasteiger partial charge in [0, 0.05) is 64.2 Å². The first-order chi connectivity index (χ1) is 9.76. The summed E-state index contributed by atoms with van der Waals surface area (Å²) in [5.74, 6) is 1.67. The van der Waals surface area contributed by atoms with Crippen LogP contribution >= 0.6 is 0 Å². The highest BCUT2D eigenvalue weighted by Crippen LogP contribution is 2.21. The van der Waals surface area contributed by atoms with E-state index >= 15 is 0 Å². The molecule has 0 aromatic carbocycles. The Morgan fingerprint density at radius 3 is 2.80 bits per heavy atom. The Kier molecular flexibility index (Phi) is 4.38. The molecule has 2 aliphatic rings. The van der Waals surface area contributed by atoms with Crippen molar-refractivity contribution in [2.24, 2.45) is 5.92 Å². The molecular formula is C15H26N4O. The maximum atomic E-state index is 9.28. The number of fused-ring (bicyclic) bond motifs is 1. The van der Waals surface area contributed by atoms with E-state index in [-0.39, 0.29) is 0 Å². The summed E-state index contributed by atoms with van der Waals surface area (Å²) in [6.07, 6.45) is 5.13. The van der Waals surface area contributed by atoms with Crippen LogP contribution in [0.3, 0.4) is 0 Å². The van der Waals surface area contributed by atoms with Gasteiger partial charge >= 0.3 is 0 Å². The van der Waals surface area contributed by atoms with Gasteiger partial charge in [-0.1, -0.05) is 0 Å². The van der Waals surface area contributed by atoms with Crippen LogP contribution < -0.4 is 0 Å². The smallest absolute Gasteiger partial charge is 0.110 e. The fourth-order valence-electron chi connectivity index (χ4n) is 3.28. The molecule has 0 radical (unpaired) electrons. The largest absolute Gasteiger partial charge is 0.396 e. The van der Waals surface area contributed by atoms with E-state index < -0.39 is 0 Å². The first-order valence-corrected chi connectivity index (χ1v) is 7.81. The average Bonchev–Trinajstić information content (AvgIpc) is 2.89. The minimum atomic E-state index is 0.307. The number of imidazole rings is 1. The molecule has 1 aromatic rings. The summed E-state index contributed by atoms with van der Waals surface area (Å²) in [6.45, 7) is 7.16. The highest BCUT2D eigenvalue weighted by molar-refractivity contribution is 5.09. The molecule has 1 aromatic heterocycles. The topological polar surface area (TPSA) is 44.5 Å². The van der Waals surface area contributed by atoms with E-state index in [0.29, 0.717) is 12.5 Å². The Hall–Kier alpha value is -0.910. The number of hydrogen-bond acceptors (Lipinski definition) is 4. The Morgan fingerprint density at radius 1 is 1.25 bits per heavy atom. The summed E-state index contributed by atoms with van der Waals surface area (Å²) in [4.78, 5) is 9.54. The minimum Gasteiger partial charge on any atom is -0.396 e. The molecule has 0 amide bonds. The van der Waals surface area contributed by atoms with Crippen molar-refractivity contribution >= 4 is 0 Å². The normalized spacial score (nSPS) is 24.8. The number of aliphatic hydroxyl groups is 1. The molecule has 5 heteroatoms. The van der Waals surface area contributed by atoms with Gasteiger partial charge in [0.1, 0.15) is 5.82 Å². The van der Waals surface area contributed by atoms with Crippen LogP contribution in [0.4, 0.5) is 0 Å². The highest BCUT2D eigenvalue weighted by Gasteiger charge is 2.21. The van der Waals surface area contributed by atoms with Crippen LogP contribution in [0.2, 0.25) is 0 Å². The molecule has 112 valence electrons. The van der Waals surface area contributed by atoms with Crippen LogP contribution in [0, 0.1) is 5.92 Å². The molecule has 2 aliphatic heterocycles. The van der Waals surface area contributed by atoms with Crippen LogP contribution in [0.25, 0.3) is 0 Å². The second-order valence-electron chi connectivity index (χ2n) is 6.25. The molecular weight excluding hydrogens is 252 g/mol. The quantitative estimate of drug-likeness (QED) is 0.856. The number of aromatic nitrogens is 2. The Labute approximate surface area is 121 Å². The molecule has 0 saturated carbocycles. The molecule has 5 nitrogen and oxygen atoms in total. The second-order valence-corrected chi connectivity index (χ2v) is 6.25. The van der Waals surface area contributed by atoms with Gasteiger partial charge in [-0.25, -0.2) is 4.98 Å². The fraction of sp³-hybridized carbons (Fsp3) is 0.800. The maximum absolute atomic E-state index is 9.28. The van der Waals surface area contributed by atoms with E-state index in [0.717, 1.165) is 32.4 Å². The van der Waals surface area contributed by atoms with Crippen molar-refractivity contribution in [1.82, 2.24) is 19.4 Å². The Morgan fingerprint density at radius 2 is 2.05 bits per heavy atom. The van der Waals surface area contributed by atoms with Crippen LogP contribution in [-0.2, 0) is 19.4 Å². The summed E-state index contributed by atoms with van der Waals surface area (Å²) in [7, 11) is 2.19. The molecule has 1 N–H and O–H groups in total. The summed E-state index contributed by atoms with van der Waals surface area (Å²) in [5.41, 5.74) is 1.31. The standard InChI is InChI=1S/C15H26N4O/c1-17-6-8-18(9-7-17)4-3-15-16-11-14-10-13(12-20)2-5-19(14)15/h11,13,20H,2-10,12H2,1H3. The van der Waals surface area contributed by atoms with Gasteiger partial charge in [-0.2, -0.15) is 0 Å².